The van der Waals surface area contributed by atoms with E-state index in [0.29, 0.717) is 11.1 Å². The van der Waals surface area contributed by atoms with Crippen LogP contribution in [0.2, 0.25) is 0 Å². The number of ether oxygens (including phenoxy) is 1. The summed E-state index contributed by atoms with van der Waals surface area (Å²) in [5, 5.41) is 8.17. The molecule has 0 saturated heterocycles. The van der Waals surface area contributed by atoms with Gasteiger partial charge in [-0.2, -0.15) is 4.98 Å². The summed E-state index contributed by atoms with van der Waals surface area (Å²) in [5.41, 5.74) is -1.07. The summed E-state index contributed by atoms with van der Waals surface area (Å²) in [6, 6.07) is 10.6. The van der Waals surface area contributed by atoms with Crippen molar-refractivity contribution in [1.82, 2.24) is 15.5 Å². The van der Waals surface area contributed by atoms with Gasteiger partial charge in [0.2, 0.25) is 5.89 Å². The third-order valence-electron chi connectivity index (χ3n) is 4.80. The maximum absolute atomic E-state index is 13.1. The van der Waals surface area contributed by atoms with Gasteiger partial charge in [-0.1, -0.05) is 29.4 Å². The molecule has 0 radical (unpaired) electrons. The lowest BCUT2D eigenvalue weighted by atomic mass is 10.1. The summed E-state index contributed by atoms with van der Waals surface area (Å²) < 4.78 is 38.1. The highest BCUT2D eigenvalue weighted by Crippen LogP contribution is 2.42. The van der Waals surface area contributed by atoms with Crippen molar-refractivity contribution in [2.24, 2.45) is 0 Å². The predicted octanol–water partition coefficient (Wildman–Crippen LogP) is 3.69. The number of carbonyl (C=O) groups is 1. The Morgan fingerprint density at radius 1 is 1.13 bits per heavy atom. The molecule has 0 atom stereocenters. The Labute approximate surface area is 180 Å². The SMILES string of the molecule is CC(C)(C)OC(=O)NC(C)(C)c1noc(CN2c3cccc4cccc(c34)S2(=O)=O)n1. The van der Waals surface area contributed by atoms with Crippen molar-refractivity contribution >= 4 is 32.6 Å². The van der Waals surface area contributed by atoms with E-state index < -0.39 is 27.3 Å². The molecule has 1 aliphatic heterocycles. The molecule has 9 nitrogen and oxygen atoms in total. The van der Waals surface area contributed by atoms with E-state index in [2.05, 4.69) is 15.5 Å². The lowest BCUT2D eigenvalue weighted by Gasteiger charge is -2.26. The van der Waals surface area contributed by atoms with Crippen molar-refractivity contribution in [3.63, 3.8) is 0 Å². The molecule has 0 aliphatic carbocycles. The third kappa shape index (κ3) is 3.83. The van der Waals surface area contributed by atoms with Gasteiger partial charge in [0.15, 0.2) is 5.82 Å². The first kappa shape index (κ1) is 21.1. The molecule has 0 fully saturated rings. The molecule has 2 aromatic carbocycles. The number of alkyl carbamates (subject to hydrolysis) is 1. The van der Waals surface area contributed by atoms with Crippen LogP contribution in [0.4, 0.5) is 10.5 Å². The van der Waals surface area contributed by atoms with E-state index in [1.165, 1.54) is 4.31 Å². The molecule has 2 heterocycles. The summed E-state index contributed by atoms with van der Waals surface area (Å²) in [5.74, 6) is 0.322. The van der Waals surface area contributed by atoms with Crippen molar-refractivity contribution in [2.45, 2.75) is 57.2 Å². The Kier molecular flexibility index (Phi) is 4.73. The molecule has 0 unspecified atom stereocenters. The average molecular weight is 445 g/mol. The molecule has 1 amide bonds. The molecule has 31 heavy (non-hydrogen) atoms. The standard InChI is InChI=1S/C21H24N4O5S/c1-20(2,3)29-19(26)23-21(4,5)18-22-16(30-24-18)12-25-14-10-6-8-13-9-7-11-15(17(13)14)31(25,27)28/h6-11H,12H2,1-5H3,(H,23,26). The van der Waals surface area contributed by atoms with Crippen LogP contribution in [-0.2, 0) is 26.8 Å². The normalized spacial score (nSPS) is 15.3. The van der Waals surface area contributed by atoms with Crippen molar-refractivity contribution < 1.29 is 22.5 Å². The quantitative estimate of drug-likeness (QED) is 0.652. The largest absolute Gasteiger partial charge is 0.444 e. The van der Waals surface area contributed by atoms with Gasteiger partial charge in [-0.3, -0.25) is 4.31 Å². The zero-order valence-corrected chi connectivity index (χ0v) is 18.8. The van der Waals surface area contributed by atoms with E-state index in [4.69, 9.17) is 9.26 Å². The fraction of sp³-hybridized carbons (Fsp3) is 0.381. The summed E-state index contributed by atoms with van der Waals surface area (Å²) in [6.45, 7) is 8.58. The molecule has 10 heteroatoms. The number of carbonyl (C=O) groups excluding carboxylic acids is 1. The average Bonchev–Trinajstić information content (AvgIpc) is 3.20. The zero-order chi connectivity index (χ0) is 22.6. The third-order valence-corrected chi connectivity index (χ3v) is 6.60. The summed E-state index contributed by atoms with van der Waals surface area (Å²) in [7, 11) is -3.75. The number of nitrogens with zero attached hydrogens (tertiary/aromatic N) is 3. The van der Waals surface area contributed by atoms with Crippen LogP contribution in [0.3, 0.4) is 0 Å². The Morgan fingerprint density at radius 3 is 2.48 bits per heavy atom. The van der Waals surface area contributed by atoms with E-state index in [1.807, 2.05) is 18.2 Å². The predicted molar refractivity (Wildman–Crippen MR) is 114 cm³/mol. The molecule has 4 rings (SSSR count). The molecule has 164 valence electrons. The van der Waals surface area contributed by atoms with Gasteiger partial charge in [-0.05, 0) is 52.1 Å². The maximum Gasteiger partial charge on any atom is 0.408 e. The molecular formula is C21H24N4O5S. The first-order valence-corrected chi connectivity index (χ1v) is 11.2. The second kappa shape index (κ2) is 6.94. The molecule has 1 aliphatic rings. The molecule has 1 aromatic heterocycles. The van der Waals surface area contributed by atoms with Crippen LogP contribution in [0.25, 0.3) is 10.8 Å². The highest BCUT2D eigenvalue weighted by atomic mass is 32.2. The number of hydrogen-bond acceptors (Lipinski definition) is 7. The Hall–Kier alpha value is -3.14. The molecule has 1 N–H and O–H groups in total. The Bertz CT molecular complexity index is 1270. The monoisotopic (exact) mass is 444 g/mol. The van der Waals surface area contributed by atoms with Crippen molar-refractivity contribution in [3.05, 3.63) is 48.1 Å². The summed E-state index contributed by atoms with van der Waals surface area (Å²) in [4.78, 5) is 16.7. The summed E-state index contributed by atoms with van der Waals surface area (Å²) in [6.07, 6.45) is -0.618. The van der Waals surface area contributed by atoms with Gasteiger partial charge >= 0.3 is 6.09 Å². The number of rotatable bonds is 4. The highest BCUT2D eigenvalue weighted by Gasteiger charge is 2.37. The molecule has 0 spiro atoms. The molecule has 0 bridgehead atoms. The molecule has 3 aromatic rings. The van der Waals surface area contributed by atoms with Gasteiger partial charge in [-0.25, -0.2) is 13.2 Å². The number of hydrogen-bond donors (Lipinski definition) is 1. The maximum atomic E-state index is 13.1. The lowest BCUT2D eigenvalue weighted by Crippen LogP contribution is -2.44. The number of nitrogens with one attached hydrogen (secondary N) is 1. The lowest BCUT2D eigenvalue weighted by molar-refractivity contribution is 0.0465. The summed E-state index contributed by atoms with van der Waals surface area (Å²) >= 11 is 0. The van der Waals surface area contributed by atoms with Gasteiger partial charge in [0.1, 0.15) is 17.7 Å². The van der Waals surface area contributed by atoms with E-state index in [-0.39, 0.29) is 23.2 Å². The van der Waals surface area contributed by atoms with E-state index in [9.17, 15) is 13.2 Å². The highest BCUT2D eigenvalue weighted by molar-refractivity contribution is 7.93. The second-order valence-electron chi connectivity index (χ2n) is 8.91. The minimum Gasteiger partial charge on any atom is -0.444 e. The van der Waals surface area contributed by atoms with Gasteiger partial charge < -0.3 is 14.6 Å². The van der Waals surface area contributed by atoms with Gasteiger partial charge in [0, 0.05) is 5.39 Å². The van der Waals surface area contributed by atoms with Crippen molar-refractivity contribution in [3.8, 4) is 0 Å². The minimum atomic E-state index is -3.75. The van der Waals surface area contributed by atoms with E-state index in [1.54, 1.807) is 52.8 Å². The van der Waals surface area contributed by atoms with Crippen LogP contribution >= 0.6 is 0 Å². The van der Waals surface area contributed by atoms with Gasteiger partial charge in [-0.15, -0.1) is 0 Å². The zero-order valence-electron chi connectivity index (χ0n) is 18.0. The number of sulfonamides is 1. The smallest absolute Gasteiger partial charge is 0.408 e. The minimum absolute atomic E-state index is 0.113. The van der Waals surface area contributed by atoms with Crippen LogP contribution < -0.4 is 9.62 Å². The van der Waals surface area contributed by atoms with Crippen LogP contribution in [0, 0.1) is 0 Å². The number of anilines is 1. The van der Waals surface area contributed by atoms with Gasteiger partial charge in [0.25, 0.3) is 10.0 Å². The molecule has 0 saturated carbocycles. The van der Waals surface area contributed by atoms with Crippen LogP contribution in [0.15, 0.2) is 45.8 Å². The Morgan fingerprint density at radius 2 is 1.81 bits per heavy atom. The van der Waals surface area contributed by atoms with Crippen molar-refractivity contribution in [1.29, 1.82) is 0 Å². The Balaban J connectivity index is 1.59. The fourth-order valence-corrected chi connectivity index (χ4v) is 5.10. The topological polar surface area (TPSA) is 115 Å². The van der Waals surface area contributed by atoms with Gasteiger partial charge in [0.05, 0.1) is 10.6 Å². The first-order valence-electron chi connectivity index (χ1n) is 9.77. The van der Waals surface area contributed by atoms with E-state index in [0.717, 1.165) is 5.39 Å². The second-order valence-corrected chi connectivity index (χ2v) is 10.7. The van der Waals surface area contributed by atoms with E-state index >= 15 is 0 Å². The van der Waals surface area contributed by atoms with Crippen molar-refractivity contribution in [2.75, 3.05) is 4.31 Å². The fourth-order valence-electron chi connectivity index (χ4n) is 3.44. The number of aromatic nitrogens is 2. The van der Waals surface area contributed by atoms with Crippen LogP contribution in [0.5, 0.6) is 0 Å². The van der Waals surface area contributed by atoms with Crippen LogP contribution in [-0.4, -0.2) is 30.3 Å². The first-order chi connectivity index (χ1) is 14.4. The number of benzene rings is 2. The number of amides is 1. The van der Waals surface area contributed by atoms with Crippen LogP contribution in [0.1, 0.15) is 46.3 Å². The molecular weight excluding hydrogens is 420 g/mol.